The first-order valence-electron chi connectivity index (χ1n) is 5.28. The standard InChI is InChI=1S/C11H14N2O6/c12-9(11(19)13-4-8(16)17)10(18)5-1-2-6(14)7(15)3-5/h1-3,9-10,14-15,18H,4,12H2,(H,13,19)(H,16,17)/t9-,10?/m0/s1. The highest BCUT2D eigenvalue weighted by Gasteiger charge is 2.25. The maximum atomic E-state index is 11.4. The summed E-state index contributed by atoms with van der Waals surface area (Å²) in [6.45, 7) is -0.611. The highest BCUT2D eigenvalue weighted by atomic mass is 16.4. The molecule has 8 nitrogen and oxygen atoms in total. The SMILES string of the molecule is N[C@H](C(=O)NCC(=O)O)C(O)c1ccc(O)c(O)c1. The van der Waals surface area contributed by atoms with Crippen molar-refractivity contribution in [3.8, 4) is 11.5 Å². The molecule has 0 saturated heterocycles. The number of carboxylic acids is 1. The van der Waals surface area contributed by atoms with Crippen LogP contribution >= 0.6 is 0 Å². The van der Waals surface area contributed by atoms with Crippen LogP contribution in [0.25, 0.3) is 0 Å². The number of phenolic OH excluding ortho intramolecular Hbond substituents is 2. The zero-order valence-corrected chi connectivity index (χ0v) is 9.78. The number of benzene rings is 1. The van der Waals surface area contributed by atoms with Crippen molar-refractivity contribution in [1.82, 2.24) is 5.32 Å². The van der Waals surface area contributed by atoms with E-state index >= 15 is 0 Å². The monoisotopic (exact) mass is 270 g/mol. The molecule has 1 unspecified atom stereocenters. The number of phenols is 2. The zero-order chi connectivity index (χ0) is 14.6. The molecule has 0 aromatic heterocycles. The number of amides is 1. The number of carbonyl (C=O) groups is 2. The van der Waals surface area contributed by atoms with E-state index in [4.69, 9.17) is 15.9 Å². The van der Waals surface area contributed by atoms with E-state index < -0.39 is 36.3 Å². The fourth-order valence-corrected chi connectivity index (χ4v) is 1.36. The predicted octanol–water partition coefficient (Wildman–Crippen LogP) is -1.34. The molecule has 1 amide bonds. The van der Waals surface area contributed by atoms with Gasteiger partial charge in [0.1, 0.15) is 18.7 Å². The van der Waals surface area contributed by atoms with Crippen molar-refractivity contribution >= 4 is 11.9 Å². The van der Waals surface area contributed by atoms with Crippen LogP contribution in [0, 0.1) is 0 Å². The molecule has 0 fully saturated rings. The van der Waals surface area contributed by atoms with Crippen LogP contribution in [0.3, 0.4) is 0 Å². The summed E-state index contributed by atoms with van der Waals surface area (Å²) < 4.78 is 0. The van der Waals surface area contributed by atoms with Gasteiger partial charge >= 0.3 is 5.97 Å². The van der Waals surface area contributed by atoms with E-state index in [0.717, 1.165) is 12.1 Å². The highest BCUT2D eigenvalue weighted by molar-refractivity contribution is 5.85. The average molecular weight is 270 g/mol. The van der Waals surface area contributed by atoms with Gasteiger partial charge in [0.05, 0.1) is 0 Å². The van der Waals surface area contributed by atoms with Crippen molar-refractivity contribution in [1.29, 1.82) is 0 Å². The number of aliphatic hydroxyl groups is 1. The van der Waals surface area contributed by atoms with E-state index in [2.05, 4.69) is 0 Å². The smallest absolute Gasteiger partial charge is 0.322 e. The molecule has 0 aliphatic carbocycles. The predicted molar refractivity (Wildman–Crippen MR) is 63.4 cm³/mol. The Morgan fingerprint density at radius 2 is 1.89 bits per heavy atom. The topological polar surface area (TPSA) is 153 Å². The van der Waals surface area contributed by atoms with Gasteiger partial charge in [-0.1, -0.05) is 6.07 Å². The first-order chi connectivity index (χ1) is 8.82. The second-order valence-electron chi connectivity index (χ2n) is 3.83. The molecule has 104 valence electrons. The molecule has 7 N–H and O–H groups in total. The normalized spacial score (nSPS) is 13.6. The Morgan fingerprint density at radius 1 is 1.26 bits per heavy atom. The minimum atomic E-state index is -1.44. The number of carboxylic acid groups (broad SMARTS) is 1. The van der Waals surface area contributed by atoms with E-state index in [-0.39, 0.29) is 11.3 Å². The fraction of sp³-hybridized carbons (Fsp3) is 0.273. The van der Waals surface area contributed by atoms with Crippen molar-refractivity contribution < 1.29 is 30.0 Å². The molecule has 0 heterocycles. The van der Waals surface area contributed by atoms with E-state index in [1.807, 2.05) is 5.32 Å². The number of nitrogens with one attached hydrogen (secondary N) is 1. The maximum Gasteiger partial charge on any atom is 0.322 e. The number of rotatable bonds is 5. The summed E-state index contributed by atoms with van der Waals surface area (Å²) in [5, 5.41) is 38.6. The minimum Gasteiger partial charge on any atom is -0.504 e. The van der Waals surface area contributed by atoms with Crippen LogP contribution in [0.4, 0.5) is 0 Å². The van der Waals surface area contributed by atoms with Gasteiger partial charge in [0.15, 0.2) is 11.5 Å². The minimum absolute atomic E-state index is 0.119. The van der Waals surface area contributed by atoms with E-state index in [1.54, 1.807) is 0 Å². The lowest BCUT2D eigenvalue weighted by molar-refractivity contribution is -0.138. The molecule has 1 aromatic rings. The van der Waals surface area contributed by atoms with Gasteiger partial charge in [-0.3, -0.25) is 9.59 Å². The maximum absolute atomic E-state index is 11.4. The summed E-state index contributed by atoms with van der Waals surface area (Å²) in [6, 6.07) is 2.08. The molecular weight excluding hydrogens is 256 g/mol. The van der Waals surface area contributed by atoms with Gasteiger partial charge in [-0.2, -0.15) is 0 Å². The Hall–Kier alpha value is -2.32. The van der Waals surface area contributed by atoms with Crippen molar-refractivity contribution in [3.05, 3.63) is 23.8 Å². The molecule has 0 bridgehead atoms. The number of aliphatic carboxylic acids is 1. The third-order valence-corrected chi connectivity index (χ3v) is 2.40. The van der Waals surface area contributed by atoms with Crippen LogP contribution in [0.15, 0.2) is 18.2 Å². The molecule has 0 spiro atoms. The Kier molecular flexibility index (Phi) is 4.67. The van der Waals surface area contributed by atoms with Gasteiger partial charge in [0, 0.05) is 0 Å². The van der Waals surface area contributed by atoms with Gasteiger partial charge in [-0.05, 0) is 17.7 Å². The number of hydrogen-bond donors (Lipinski definition) is 6. The zero-order valence-electron chi connectivity index (χ0n) is 9.78. The molecule has 1 rings (SSSR count). The van der Waals surface area contributed by atoms with Crippen LogP contribution in [0.2, 0.25) is 0 Å². The second-order valence-corrected chi connectivity index (χ2v) is 3.83. The second kappa shape index (κ2) is 6.03. The Morgan fingerprint density at radius 3 is 2.42 bits per heavy atom. The van der Waals surface area contributed by atoms with E-state index in [1.165, 1.54) is 6.07 Å². The van der Waals surface area contributed by atoms with E-state index in [0.29, 0.717) is 0 Å². The van der Waals surface area contributed by atoms with Gasteiger partial charge in [-0.15, -0.1) is 0 Å². The summed E-state index contributed by atoms with van der Waals surface area (Å²) >= 11 is 0. The van der Waals surface area contributed by atoms with Crippen molar-refractivity contribution in [2.45, 2.75) is 12.1 Å². The van der Waals surface area contributed by atoms with Crippen LogP contribution in [-0.4, -0.2) is 44.9 Å². The van der Waals surface area contributed by atoms with Gasteiger partial charge in [0.2, 0.25) is 5.91 Å². The molecule has 1 aromatic carbocycles. The van der Waals surface area contributed by atoms with Gasteiger partial charge in [-0.25, -0.2) is 0 Å². The third kappa shape index (κ3) is 3.83. The van der Waals surface area contributed by atoms with Crippen LogP contribution < -0.4 is 11.1 Å². The number of carbonyl (C=O) groups excluding carboxylic acids is 1. The van der Waals surface area contributed by atoms with Crippen LogP contribution in [0.5, 0.6) is 11.5 Å². The quantitative estimate of drug-likeness (QED) is 0.362. The van der Waals surface area contributed by atoms with E-state index in [9.17, 15) is 19.8 Å². The summed E-state index contributed by atoms with van der Waals surface area (Å²) in [5.41, 5.74) is 5.59. The summed E-state index contributed by atoms with van der Waals surface area (Å²) in [6.07, 6.45) is -1.44. The molecule has 8 heteroatoms. The molecular formula is C11H14N2O6. The lowest BCUT2D eigenvalue weighted by atomic mass is 10.0. The van der Waals surface area contributed by atoms with Gasteiger partial charge < -0.3 is 31.5 Å². The lowest BCUT2D eigenvalue weighted by Gasteiger charge is -2.18. The Labute approximate surface area is 108 Å². The third-order valence-electron chi connectivity index (χ3n) is 2.40. The number of aromatic hydroxyl groups is 2. The summed E-state index contributed by atoms with van der Waals surface area (Å²) in [7, 11) is 0. The molecule has 19 heavy (non-hydrogen) atoms. The first-order valence-corrected chi connectivity index (χ1v) is 5.28. The average Bonchev–Trinajstić information content (AvgIpc) is 2.37. The van der Waals surface area contributed by atoms with Crippen molar-refractivity contribution in [3.63, 3.8) is 0 Å². The lowest BCUT2D eigenvalue weighted by Crippen LogP contribution is -2.46. The molecule has 0 radical (unpaired) electrons. The van der Waals surface area contributed by atoms with Crippen molar-refractivity contribution in [2.75, 3.05) is 6.54 Å². The molecule has 0 saturated carbocycles. The first kappa shape index (κ1) is 14.7. The van der Waals surface area contributed by atoms with Crippen molar-refractivity contribution in [2.24, 2.45) is 5.73 Å². The summed E-state index contributed by atoms with van der Waals surface area (Å²) in [4.78, 5) is 21.7. The molecule has 2 atom stereocenters. The number of aliphatic hydroxyl groups excluding tert-OH is 1. The summed E-state index contributed by atoms with van der Waals surface area (Å²) in [5.74, 6) is -2.92. The number of nitrogens with two attached hydrogens (primary N) is 1. The Bertz CT molecular complexity index is 490. The Balaban J connectivity index is 2.75. The molecule has 0 aliphatic heterocycles. The fourth-order valence-electron chi connectivity index (χ4n) is 1.36. The van der Waals surface area contributed by atoms with Crippen LogP contribution in [-0.2, 0) is 9.59 Å². The number of hydrogen-bond acceptors (Lipinski definition) is 6. The molecule has 0 aliphatic rings. The largest absolute Gasteiger partial charge is 0.504 e. The highest BCUT2D eigenvalue weighted by Crippen LogP contribution is 2.28. The van der Waals surface area contributed by atoms with Crippen LogP contribution in [0.1, 0.15) is 11.7 Å². The van der Waals surface area contributed by atoms with Gasteiger partial charge in [0.25, 0.3) is 0 Å².